The zero-order valence-electron chi connectivity index (χ0n) is 13.0. The van der Waals surface area contributed by atoms with Crippen molar-refractivity contribution in [2.24, 2.45) is 0 Å². The molecule has 1 N–H and O–H groups in total. The number of amides is 2. The molecule has 0 spiro atoms. The summed E-state index contributed by atoms with van der Waals surface area (Å²) in [5.41, 5.74) is 0.494. The summed E-state index contributed by atoms with van der Waals surface area (Å²) in [4.78, 5) is 26.1. The minimum absolute atomic E-state index is 0.0363. The fourth-order valence-corrected chi connectivity index (χ4v) is 3.08. The highest BCUT2D eigenvalue weighted by atomic mass is 19.1. The number of ether oxygens (including phenoxy) is 1. The first-order valence-corrected chi connectivity index (χ1v) is 8.10. The van der Waals surface area contributed by atoms with Gasteiger partial charge < -0.3 is 15.0 Å². The Labute approximate surface area is 134 Å². The molecule has 5 nitrogen and oxygen atoms in total. The van der Waals surface area contributed by atoms with Crippen LogP contribution in [0.1, 0.15) is 36.0 Å². The highest BCUT2D eigenvalue weighted by Crippen LogP contribution is 2.16. The predicted octanol–water partition coefficient (Wildman–Crippen LogP) is 1.73. The number of piperidine rings is 1. The van der Waals surface area contributed by atoms with Crippen LogP contribution in [0.25, 0.3) is 0 Å². The molecule has 124 valence electrons. The van der Waals surface area contributed by atoms with Crippen LogP contribution in [-0.4, -0.2) is 48.6 Å². The molecular formula is C17H21FN2O3. The summed E-state index contributed by atoms with van der Waals surface area (Å²) in [7, 11) is 0. The summed E-state index contributed by atoms with van der Waals surface area (Å²) in [6.07, 6.45) is 2.86. The van der Waals surface area contributed by atoms with Crippen LogP contribution in [-0.2, 0) is 9.53 Å². The maximum Gasteiger partial charge on any atom is 0.253 e. The molecule has 2 aliphatic rings. The number of carbonyl (C=O) groups is 2. The van der Waals surface area contributed by atoms with Crippen LogP contribution in [0, 0.1) is 5.82 Å². The molecule has 0 saturated carbocycles. The lowest BCUT2D eigenvalue weighted by Crippen LogP contribution is -2.48. The SMILES string of the molecule is O=C(NC1CCN(C(=O)c2ccc(F)cc2)CC1)C1CCCO1. The Bertz CT molecular complexity index is 562. The van der Waals surface area contributed by atoms with Gasteiger partial charge in [0.2, 0.25) is 5.91 Å². The van der Waals surface area contributed by atoms with Crippen LogP contribution in [0.5, 0.6) is 0 Å². The standard InChI is InChI=1S/C17H21FN2O3/c18-13-5-3-12(4-6-13)17(22)20-9-7-14(8-10-20)19-16(21)15-2-1-11-23-15/h3-6,14-15H,1-2,7-11H2,(H,19,21). The molecule has 2 aliphatic heterocycles. The van der Waals surface area contributed by atoms with Crippen LogP contribution < -0.4 is 5.32 Å². The maximum absolute atomic E-state index is 12.9. The Morgan fingerprint density at radius 3 is 2.43 bits per heavy atom. The molecule has 0 aliphatic carbocycles. The number of halogens is 1. The normalized spacial score (nSPS) is 22.1. The number of benzene rings is 1. The first-order valence-electron chi connectivity index (χ1n) is 8.10. The Morgan fingerprint density at radius 2 is 1.83 bits per heavy atom. The average Bonchev–Trinajstić information content (AvgIpc) is 3.10. The summed E-state index contributed by atoms with van der Waals surface area (Å²) in [5, 5.41) is 3.02. The van der Waals surface area contributed by atoms with Crippen LogP contribution in [0.2, 0.25) is 0 Å². The van der Waals surface area contributed by atoms with Gasteiger partial charge in [-0.25, -0.2) is 4.39 Å². The lowest BCUT2D eigenvalue weighted by atomic mass is 10.0. The Morgan fingerprint density at radius 1 is 1.13 bits per heavy atom. The van der Waals surface area contributed by atoms with E-state index in [9.17, 15) is 14.0 Å². The number of hydrogen-bond acceptors (Lipinski definition) is 3. The largest absolute Gasteiger partial charge is 0.368 e. The van der Waals surface area contributed by atoms with Crippen LogP contribution >= 0.6 is 0 Å². The number of nitrogens with zero attached hydrogens (tertiary/aromatic N) is 1. The summed E-state index contributed by atoms with van der Waals surface area (Å²) in [5.74, 6) is -0.475. The lowest BCUT2D eigenvalue weighted by Gasteiger charge is -2.32. The molecule has 23 heavy (non-hydrogen) atoms. The third-order valence-corrected chi connectivity index (χ3v) is 4.44. The van der Waals surface area contributed by atoms with Crippen molar-refractivity contribution >= 4 is 11.8 Å². The van der Waals surface area contributed by atoms with Crippen molar-refractivity contribution in [3.8, 4) is 0 Å². The molecule has 0 radical (unpaired) electrons. The van der Waals surface area contributed by atoms with Crippen molar-refractivity contribution in [3.63, 3.8) is 0 Å². The second-order valence-corrected chi connectivity index (χ2v) is 6.08. The summed E-state index contributed by atoms with van der Waals surface area (Å²) >= 11 is 0. The third-order valence-electron chi connectivity index (χ3n) is 4.44. The van der Waals surface area contributed by atoms with E-state index in [2.05, 4.69) is 5.32 Å². The first-order chi connectivity index (χ1) is 11.1. The topological polar surface area (TPSA) is 58.6 Å². The van der Waals surface area contributed by atoms with E-state index in [0.29, 0.717) is 25.3 Å². The summed E-state index contributed by atoms with van der Waals surface area (Å²) < 4.78 is 18.3. The van der Waals surface area contributed by atoms with Crippen molar-refractivity contribution in [1.82, 2.24) is 10.2 Å². The predicted molar refractivity (Wildman–Crippen MR) is 82.4 cm³/mol. The van der Waals surface area contributed by atoms with Crippen LogP contribution in [0.3, 0.4) is 0 Å². The molecule has 1 aromatic rings. The van der Waals surface area contributed by atoms with Gasteiger partial charge in [0.1, 0.15) is 11.9 Å². The molecule has 2 amide bonds. The van der Waals surface area contributed by atoms with Gasteiger partial charge in [-0.05, 0) is 49.9 Å². The summed E-state index contributed by atoms with van der Waals surface area (Å²) in [6, 6.07) is 5.68. The van der Waals surface area contributed by atoms with Crippen molar-refractivity contribution in [2.45, 2.75) is 37.8 Å². The maximum atomic E-state index is 12.9. The second-order valence-electron chi connectivity index (χ2n) is 6.08. The molecule has 1 aromatic carbocycles. The van der Waals surface area contributed by atoms with E-state index < -0.39 is 0 Å². The van der Waals surface area contributed by atoms with E-state index in [4.69, 9.17) is 4.74 Å². The molecule has 1 atom stereocenters. The monoisotopic (exact) mass is 320 g/mol. The lowest BCUT2D eigenvalue weighted by molar-refractivity contribution is -0.131. The fraction of sp³-hybridized carbons (Fsp3) is 0.529. The highest BCUT2D eigenvalue weighted by molar-refractivity contribution is 5.94. The molecule has 0 aromatic heterocycles. The Balaban J connectivity index is 1.49. The number of carbonyl (C=O) groups excluding carboxylic acids is 2. The van der Waals surface area contributed by atoms with Gasteiger partial charge in [-0.2, -0.15) is 0 Å². The van der Waals surface area contributed by atoms with Gasteiger partial charge in [0.05, 0.1) is 0 Å². The van der Waals surface area contributed by atoms with Gasteiger partial charge in [-0.1, -0.05) is 0 Å². The smallest absolute Gasteiger partial charge is 0.253 e. The van der Waals surface area contributed by atoms with Gasteiger partial charge in [-0.3, -0.25) is 9.59 Å². The zero-order valence-corrected chi connectivity index (χ0v) is 13.0. The Hall–Kier alpha value is -1.95. The second kappa shape index (κ2) is 7.08. The van der Waals surface area contributed by atoms with E-state index in [1.54, 1.807) is 4.90 Å². The zero-order chi connectivity index (χ0) is 16.2. The van der Waals surface area contributed by atoms with E-state index >= 15 is 0 Å². The number of rotatable bonds is 3. The Kier molecular flexibility index (Phi) is 4.91. The minimum atomic E-state index is -0.350. The molecule has 2 fully saturated rings. The molecule has 3 rings (SSSR count). The highest BCUT2D eigenvalue weighted by Gasteiger charge is 2.28. The van der Waals surface area contributed by atoms with Gasteiger partial charge in [0.25, 0.3) is 5.91 Å². The fourth-order valence-electron chi connectivity index (χ4n) is 3.08. The quantitative estimate of drug-likeness (QED) is 0.923. The van der Waals surface area contributed by atoms with E-state index in [-0.39, 0.29) is 29.8 Å². The minimum Gasteiger partial charge on any atom is -0.368 e. The van der Waals surface area contributed by atoms with Crippen molar-refractivity contribution in [2.75, 3.05) is 19.7 Å². The van der Waals surface area contributed by atoms with Crippen molar-refractivity contribution < 1.29 is 18.7 Å². The van der Waals surface area contributed by atoms with Crippen LogP contribution in [0.15, 0.2) is 24.3 Å². The van der Waals surface area contributed by atoms with E-state index in [1.165, 1.54) is 24.3 Å². The molecule has 6 heteroatoms. The number of nitrogens with one attached hydrogen (secondary N) is 1. The van der Waals surface area contributed by atoms with Crippen molar-refractivity contribution in [3.05, 3.63) is 35.6 Å². The summed E-state index contributed by atoms with van der Waals surface area (Å²) in [6.45, 7) is 1.84. The van der Waals surface area contributed by atoms with Crippen molar-refractivity contribution in [1.29, 1.82) is 0 Å². The molecule has 2 heterocycles. The number of likely N-dealkylation sites (tertiary alicyclic amines) is 1. The molecular weight excluding hydrogens is 299 g/mol. The van der Waals surface area contributed by atoms with E-state index in [1.807, 2.05) is 0 Å². The van der Waals surface area contributed by atoms with Gasteiger partial charge in [-0.15, -0.1) is 0 Å². The average molecular weight is 320 g/mol. The molecule has 2 saturated heterocycles. The van der Waals surface area contributed by atoms with Gasteiger partial charge in [0, 0.05) is 31.3 Å². The van der Waals surface area contributed by atoms with Gasteiger partial charge in [0.15, 0.2) is 0 Å². The molecule has 1 unspecified atom stereocenters. The van der Waals surface area contributed by atoms with Gasteiger partial charge >= 0.3 is 0 Å². The number of hydrogen-bond donors (Lipinski definition) is 1. The molecule has 0 bridgehead atoms. The third kappa shape index (κ3) is 3.88. The first kappa shape index (κ1) is 15.9. The van der Waals surface area contributed by atoms with Crippen LogP contribution in [0.4, 0.5) is 4.39 Å². The van der Waals surface area contributed by atoms with E-state index in [0.717, 1.165) is 25.7 Å².